The van der Waals surface area contributed by atoms with Crippen molar-refractivity contribution in [3.8, 4) is 0 Å². The summed E-state index contributed by atoms with van der Waals surface area (Å²) < 4.78 is 2.04. The molecule has 14 heavy (non-hydrogen) atoms. The van der Waals surface area contributed by atoms with Crippen LogP contribution in [0, 0.1) is 0 Å². The normalized spacial score (nSPS) is 14.3. The van der Waals surface area contributed by atoms with E-state index in [9.17, 15) is 0 Å². The summed E-state index contributed by atoms with van der Waals surface area (Å²) in [5.74, 6) is 0.865. The van der Waals surface area contributed by atoms with Gasteiger partial charge in [0.05, 0.1) is 17.2 Å². The van der Waals surface area contributed by atoms with Crippen molar-refractivity contribution >= 4 is 23.6 Å². The number of rotatable bonds is 0. The van der Waals surface area contributed by atoms with Crippen LogP contribution in [0.4, 0.5) is 0 Å². The highest BCUT2D eigenvalue weighted by atomic mass is 15.2. The molecule has 0 bridgehead atoms. The molecule has 3 rings (SSSR count). The lowest BCUT2D eigenvalue weighted by Gasteiger charge is -1.99. The summed E-state index contributed by atoms with van der Waals surface area (Å²) in [6.45, 7) is 0.593. The number of hydrogen-bond donors (Lipinski definition) is 0. The molecule has 1 aromatic carbocycles. The van der Waals surface area contributed by atoms with Crippen LogP contribution < -0.4 is 0 Å². The Labute approximate surface area is 80.6 Å². The Balaban J connectivity index is 2.37. The van der Waals surface area contributed by atoms with Crippen LogP contribution in [-0.4, -0.2) is 22.1 Å². The molecule has 0 radical (unpaired) electrons. The minimum Gasteiger partial charge on any atom is -0.303 e. The Morgan fingerprint density at radius 1 is 1.21 bits per heavy atom. The summed E-state index contributed by atoms with van der Waals surface area (Å²) in [4.78, 5) is 12.6. The van der Waals surface area contributed by atoms with Gasteiger partial charge in [-0.1, -0.05) is 12.1 Å². The third-order valence-corrected chi connectivity index (χ3v) is 2.25. The molecule has 0 saturated heterocycles. The summed E-state index contributed by atoms with van der Waals surface area (Å²) in [5.41, 5.74) is 2.10. The van der Waals surface area contributed by atoms with Crippen molar-refractivity contribution in [1.29, 1.82) is 0 Å². The third kappa shape index (κ3) is 0.970. The van der Waals surface area contributed by atoms with Crippen LogP contribution in [0.5, 0.6) is 0 Å². The highest BCUT2D eigenvalue weighted by Gasteiger charge is 2.08. The number of hydrogen-bond acceptors (Lipinski definition) is 3. The van der Waals surface area contributed by atoms with Crippen LogP contribution in [0.3, 0.4) is 0 Å². The molecule has 2 aromatic rings. The van der Waals surface area contributed by atoms with Gasteiger partial charge in [-0.05, 0) is 12.1 Å². The third-order valence-electron chi connectivity index (χ3n) is 2.25. The lowest BCUT2D eigenvalue weighted by molar-refractivity contribution is 0.757. The molecule has 0 saturated carbocycles. The highest BCUT2D eigenvalue weighted by Crippen LogP contribution is 2.15. The smallest absolute Gasteiger partial charge is 0.153 e. The van der Waals surface area contributed by atoms with Crippen LogP contribution in [0.2, 0.25) is 0 Å². The SMILES string of the molecule is C1=NC=NCn2c1nc1ccccc12. The van der Waals surface area contributed by atoms with Gasteiger partial charge in [-0.2, -0.15) is 0 Å². The first-order valence-electron chi connectivity index (χ1n) is 4.42. The number of benzene rings is 1. The monoisotopic (exact) mass is 184 g/mol. The maximum atomic E-state index is 4.45. The van der Waals surface area contributed by atoms with Crippen molar-refractivity contribution in [2.45, 2.75) is 6.67 Å². The fraction of sp³-hybridized carbons (Fsp3) is 0.100. The zero-order valence-electron chi connectivity index (χ0n) is 7.46. The zero-order valence-corrected chi connectivity index (χ0v) is 7.46. The molecule has 0 N–H and O–H groups in total. The summed E-state index contributed by atoms with van der Waals surface area (Å²) >= 11 is 0. The molecular weight excluding hydrogens is 176 g/mol. The molecule has 1 aliphatic rings. The van der Waals surface area contributed by atoms with E-state index in [1.54, 1.807) is 12.6 Å². The topological polar surface area (TPSA) is 42.5 Å². The quantitative estimate of drug-likeness (QED) is 0.611. The van der Waals surface area contributed by atoms with Gasteiger partial charge in [0.1, 0.15) is 13.0 Å². The first-order valence-corrected chi connectivity index (χ1v) is 4.42. The van der Waals surface area contributed by atoms with E-state index in [4.69, 9.17) is 0 Å². The molecule has 68 valence electrons. The molecule has 0 unspecified atom stereocenters. The second-order valence-electron chi connectivity index (χ2n) is 3.10. The molecule has 1 aromatic heterocycles. The fourth-order valence-corrected chi connectivity index (χ4v) is 1.61. The molecular formula is C10H8N4. The van der Waals surface area contributed by atoms with E-state index in [2.05, 4.69) is 15.0 Å². The molecule has 0 atom stereocenters. The second kappa shape index (κ2) is 2.77. The van der Waals surface area contributed by atoms with E-state index < -0.39 is 0 Å². The second-order valence-corrected chi connectivity index (χ2v) is 3.10. The van der Waals surface area contributed by atoms with Crippen LogP contribution in [0.15, 0.2) is 34.3 Å². The van der Waals surface area contributed by atoms with E-state index in [-0.39, 0.29) is 0 Å². The van der Waals surface area contributed by atoms with E-state index in [0.29, 0.717) is 6.67 Å². The lowest BCUT2D eigenvalue weighted by Crippen LogP contribution is -1.99. The van der Waals surface area contributed by atoms with Crippen LogP contribution in [0.1, 0.15) is 5.82 Å². The van der Waals surface area contributed by atoms with E-state index in [1.807, 2.05) is 28.8 Å². The number of aromatic nitrogens is 2. The van der Waals surface area contributed by atoms with E-state index in [0.717, 1.165) is 16.9 Å². The first-order chi connectivity index (χ1) is 6.95. The van der Waals surface area contributed by atoms with Crippen molar-refractivity contribution in [2.75, 3.05) is 0 Å². The van der Waals surface area contributed by atoms with Crippen molar-refractivity contribution in [2.24, 2.45) is 9.98 Å². The van der Waals surface area contributed by atoms with Gasteiger partial charge in [0.15, 0.2) is 5.82 Å². The van der Waals surface area contributed by atoms with Gasteiger partial charge in [0.25, 0.3) is 0 Å². The molecule has 1 aliphatic heterocycles. The molecule has 4 nitrogen and oxygen atoms in total. The molecule has 4 heteroatoms. The van der Waals surface area contributed by atoms with Crippen molar-refractivity contribution < 1.29 is 0 Å². The molecule has 0 amide bonds. The minimum absolute atomic E-state index is 0.593. The molecule has 0 spiro atoms. The van der Waals surface area contributed by atoms with Crippen molar-refractivity contribution in [1.82, 2.24) is 9.55 Å². The number of nitrogens with zero attached hydrogens (tertiary/aromatic N) is 4. The molecule has 0 aliphatic carbocycles. The Bertz CT molecular complexity index is 536. The van der Waals surface area contributed by atoms with Gasteiger partial charge in [0, 0.05) is 0 Å². The van der Waals surface area contributed by atoms with Gasteiger partial charge >= 0.3 is 0 Å². The average Bonchev–Trinajstić information content (AvgIpc) is 2.42. The van der Waals surface area contributed by atoms with Gasteiger partial charge in [-0.3, -0.25) is 4.99 Å². The van der Waals surface area contributed by atoms with Crippen LogP contribution in [-0.2, 0) is 6.67 Å². The summed E-state index contributed by atoms with van der Waals surface area (Å²) in [6.07, 6.45) is 3.29. The van der Waals surface area contributed by atoms with Crippen LogP contribution in [0.25, 0.3) is 11.0 Å². The van der Waals surface area contributed by atoms with E-state index in [1.165, 1.54) is 0 Å². The maximum absolute atomic E-state index is 4.45. The Hall–Kier alpha value is -1.97. The van der Waals surface area contributed by atoms with E-state index >= 15 is 0 Å². The van der Waals surface area contributed by atoms with Crippen molar-refractivity contribution in [3.05, 3.63) is 30.1 Å². The van der Waals surface area contributed by atoms with Crippen molar-refractivity contribution in [3.63, 3.8) is 0 Å². The predicted octanol–water partition coefficient (Wildman–Crippen LogP) is 1.45. The van der Waals surface area contributed by atoms with Gasteiger partial charge in [-0.15, -0.1) is 0 Å². The number of imidazole rings is 1. The standard InChI is InChI=1S/C10H8N4/c1-2-4-9-8(3-1)13-10-5-11-6-12-7-14(9)10/h1-6H,7H2. The summed E-state index contributed by atoms with van der Waals surface area (Å²) in [7, 11) is 0. The van der Waals surface area contributed by atoms with Crippen LogP contribution >= 0.6 is 0 Å². The first kappa shape index (κ1) is 7.44. The van der Waals surface area contributed by atoms with Gasteiger partial charge < -0.3 is 4.57 Å². The fourth-order valence-electron chi connectivity index (χ4n) is 1.61. The van der Waals surface area contributed by atoms with Gasteiger partial charge in [-0.25, -0.2) is 9.98 Å². The highest BCUT2D eigenvalue weighted by molar-refractivity contribution is 5.88. The number of para-hydroxylation sites is 2. The lowest BCUT2D eigenvalue weighted by atomic mass is 10.3. The predicted molar refractivity (Wildman–Crippen MR) is 55.8 cm³/mol. The Morgan fingerprint density at radius 3 is 3.14 bits per heavy atom. The average molecular weight is 184 g/mol. The Kier molecular flexibility index (Phi) is 1.47. The largest absolute Gasteiger partial charge is 0.303 e. The summed E-state index contributed by atoms with van der Waals surface area (Å²) in [6, 6.07) is 8.02. The van der Waals surface area contributed by atoms with Gasteiger partial charge in [0.2, 0.25) is 0 Å². The molecule has 0 fully saturated rings. The Morgan fingerprint density at radius 2 is 2.14 bits per heavy atom. The maximum Gasteiger partial charge on any atom is 0.153 e. The number of aliphatic imine (C=N–C) groups is 2. The minimum atomic E-state index is 0.593. The number of fused-ring (bicyclic) bond motifs is 3. The zero-order chi connectivity index (χ0) is 9.38. The summed E-state index contributed by atoms with van der Waals surface area (Å²) in [5, 5.41) is 0. The molecule has 2 heterocycles.